The van der Waals surface area contributed by atoms with Gasteiger partial charge in [-0.1, -0.05) is 23.2 Å². The number of fused-ring (bicyclic) bond motifs is 1. The van der Waals surface area contributed by atoms with E-state index in [-0.39, 0.29) is 32.7 Å². The van der Waals surface area contributed by atoms with Crippen molar-refractivity contribution in [2.24, 2.45) is 0 Å². The van der Waals surface area contributed by atoms with E-state index in [0.29, 0.717) is 26.3 Å². The number of alkyl halides is 3. The first kappa shape index (κ1) is 23.1. The van der Waals surface area contributed by atoms with Crippen molar-refractivity contribution in [3.63, 3.8) is 0 Å². The van der Waals surface area contributed by atoms with E-state index in [1.165, 1.54) is 16.7 Å². The minimum atomic E-state index is -4.73. The number of aromatic nitrogens is 1. The van der Waals surface area contributed by atoms with Crippen LogP contribution in [0.5, 0.6) is 0 Å². The van der Waals surface area contributed by atoms with Crippen LogP contribution >= 0.6 is 23.2 Å². The van der Waals surface area contributed by atoms with Gasteiger partial charge in [-0.05, 0) is 38.0 Å². The summed E-state index contributed by atoms with van der Waals surface area (Å²) in [5, 5.41) is 3.50. The fraction of sp³-hybridized carbons (Fsp3) is 0.316. The zero-order valence-corrected chi connectivity index (χ0v) is 17.4. The number of Topliss-reactive ketones (excluding diaryl/α,β-unsaturated/α-hetero) is 1. The lowest BCUT2D eigenvalue weighted by atomic mass is 10.1. The number of carbonyl (C=O) groups excluding carboxylic acids is 3. The first-order valence-electron chi connectivity index (χ1n) is 9.01. The van der Waals surface area contributed by atoms with E-state index < -0.39 is 35.6 Å². The number of rotatable bonds is 5. The van der Waals surface area contributed by atoms with E-state index >= 15 is 0 Å². The fourth-order valence-corrected chi connectivity index (χ4v) is 3.78. The monoisotopic (exact) mass is 479 g/mol. The maximum Gasteiger partial charge on any atom is 0.408 e. The normalized spacial score (nSPS) is 14.2. The van der Waals surface area contributed by atoms with Gasteiger partial charge in [0, 0.05) is 17.9 Å². The molecule has 12 heteroatoms. The molecule has 2 heterocycles. The van der Waals surface area contributed by atoms with E-state index in [1.54, 1.807) is 5.32 Å². The van der Waals surface area contributed by atoms with Crippen LogP contribution in [-0.2, 0) is 17.8 Å². The second-order valence-corrected chi connectivity index (χ2v) is 7.67. The summed E-state index contributed by atoms with van der Waals surface area (Å²) in [6.07, 6.45) is -3.89. The molecule has 31 heavy (non-hydrogen) atoms. The number of nitrogens with one attached hydrogen (secondary N) is 2. The van der Waals surface area contributed by atoms with Gasteiger partial charge in [0.25, 0.3) is 17.6 Å². The van der Waals surface area contributed by atoms with E-state index in [1.807, 2.05) is 0 Å². The topological polar surface area (TPSA) is 80.2 Å². The van der Waals surface area contributed by atoms with Gasteiger partial charge in [-0.15, -0.1) is 0 Å². The molecule has 6 nitrogen and oxygen atoms in total. The van der Waals surface area contributed by atoms with Crippen LogP contribution in [0.3, 0.4) is 0 Å². The Balaban J connectivity index is 1.91. The van der Waals surface area contributed by atoms with Crippen LogP contribution in [0.15, 0.2) is 18.2 Å². The molecule has 1 aliphatic rings. The predicted molar refractivity (Wildman–Crippen MR) is 105 cm³/mol. The third kappa shape index (κ3) is 4.54. The Morgan fingerprint density at radius 2 is 1.87 bits per heavy atom. The fourth-order valence-electron chi connectivity index (χ4n) is 3.22. The third-order valence-corrected chi connectivity index (χ3v) is 5.43. The van der Waals surface area contributed by atoms with E-state index in [4.69, 9.17) is 23.2 Å². The van der Waals surface area contributed by atoms with Crippen LogP contribution in [0, 0.1) is 5.82 Å². The molecule has 0 unspecified atom stereocenters. The van der Waals surface area contributed by atoms with Gasteiger partial charge in [0.2, 0.25) is 0 Å². The Morgan fingerprint density at radius 1 is 1.19 bits per heavy atom. The van der Waals surface area contributed by atoms with Gasteiger partial charge in [0.05, 0.1) is 15.6 Å². The summed E-state index contributed by atoms with van der Waals surface area (Å²) in [5.74, 6) is -4.19. The van der Waals surface area contributed by atoms with Crippen molar-refractivity contribution in [2.45, 2.75) is 38.5 Å². The number of halogens is 6. The van der Waals surface area contributed by atoms with E-state index in [9.17, 15) is 31.9 Å². The molecule has 0 spiro atoms. The van der Waals surface area contributed by atoms with Crippen LogP contribution in [0.25, 0.3) is 0 Å². The smallest absolute Gasteiger partial charge is 0.339 e. The SMILES string of the molecule is C[C@@H](NC(=O)C(=O)c1c(Cl)c(C(=O)Nc2ccc(F)c(Cl)c2)n2c1CCC2)C(F)(F)F. The van der Waals surface area contributed by atoms with Crippen LogP contribution in [0.2, 0.25) is 10.0 Å². The number of carbonyl (C=O) groups is 3. The van der Waals surface area contributed by atoms with Gasteiger partial charge in [-0.2, -0.15) is 13.2 Å². The van der Waals surface area contributed by atoms with Gasteiger partial charge in [-0.25, -0.2) is 4.39 Å². The van der Waals surface area contributed by atoms with Gasteiger partial charge in [-0.3, -0.25) is 14.4 Å². The summed E-state index contributed by atoms with van der Waals surface area (Å²) in [5.41, 5.74) is 0.000647. The number of benzene rings is 1. The number of hydrogen-bond donors (Lipinski definition) is 2. The highest BCUT2D eigenvalue weighted by Gasteiger charge is 2.40. The molecule has 1 aliphatic heterocycles. The number of amides is 2. The molecular formula is C19H15Cl2F4N3O3. The van der Waals surface area contributed by atoms with Crippen molar-refractivity contribution in [1.29, 1.82) is 0 Å². The Labute approximate surface area is 183 Å². The lowest BCUT2D eigenvalue weighted by Gasteiger charge is -2.16. The number of hydrogen-bond acceptors (Lipinski definition) is 3. The lowest BCUT2D eigenvalue weighted by molar-refractivity contribution is -0.156. The highest BCUT2D eigenvalue weighted by molar-refractivity contribution is 6.48. The van der Waals surface area contributed by atoms with Crippen molar-refractivity contribution in [3.05, 3.63) is 51.0 Å². The molecule has 0 aliphatic carbocycles. The first-order valence-corrected chi connectivity index (χ1v) is 9.76. The maximum atomic E-state index is 13.3. The highest BCUT2D eigenvalue weighted by Crippen LogP contribution is 2.34. The minimum Gasteiger partial charge on any atom is -0.339 e. The Morgan fingerprint density at radius 3 is 2.48 bits per heavy atom. The Bertz CT molecular complexity index is 1080. The quantitative estimate of drug-likeness (QED) is 0.379. The molecule has 1 atom stereocenters. The van der Waals surface area contributed by atoms with E-state index in [0.717, 1.165) is 6.07 Å². The van der Waals surface area contributed by atoms with Crippen molar-refractivity contribution in [2.75, 3.05) is 5.32 Å². The summed E-state index contributed by atoms with van der Waals surface area (Å²) < 4.78 is 52.9. The molecule has 2 N–H and O–H groups in total. The van der Waals surface area contributed by atoms with Gasteiger partial charge >= 0.3 is 6.18 Å². The average Bonchev–Trinajstić information content (AvgIpc) is 3.22. The largest absolute Gasteiger partial charge is 0.408 e. The molecule has 1 aromatic carbocycles. The third-order valence-electron chi connectivity index (χ3n) is 4.77. The molecule has 2 aromatic rings. The number of anilines is 1. The Kier molecular flexibility index (Phi) is 6.33. The van der Waals surface area contributed by atoms with E-state index in [2.05, 4.69) is 5.32 Å². The zero-order valence-electron chi connectivity index (χ0n) is 15.9. The zero-order chi connectivity index (χ0) is 23.1. The van der Waals surface area contributed by atoms with Crippen LogP contribution in [0.4, 0.5) is 23.2 Å². The molecule has 0 bridgehead atoms. The average molecular weight is 480 g/mol. The van der Waals surface area contributed by atoms with Gasteiger partial charge in [0.1, 0.15) is 17.6 Å². The summed E-state index contributed by atoms with van der Waals surface area (Å²) >= 11 is 11.9. The molecule has 0 saturated carbocycles. The highest BCUT2D eigenvalue weighted by atomic mass is 35.5. The van der Waals surface area contributed by atoms with Crippen LogP contribution < -0.4 is 10.6 Å². The lowest BCUT2D eigenvalue weighted by Crippen LogP contribution is -2.45. The summed E-state index contributed by atoms with van der Waals surface area (Å²) in [6.45, 7) is 1.01. The van der Waals surface area contributed by atoms with Gasteiger partial charge < -0.3 is 15.2 Å². The molecule has 166 valence electrons. The van der Waals surface area contributed by atoms with Crippen LogP contribution in [0.1, 0.15) is 39.9 Å². The molecule has 0 saturated heterocycles. The Hall–Kier alpha value is -2.59. The molecule has 3 rings (SSSR count). The summed E-state index contributed by atoms with van der Waals surface area (Å²) in [7, 11) is 0. The predicted octanol–water partition coefficient (Wildman–Crippen LogP) is 4.38. The van der Waals surface area contributed by atoms with Crippen molar-refractivity contribution in [3.8, 4) is 0 Å². The summed E-state index contributed by atoms with van der Waals surface area (Å²) in [6, 6.07) is 1.24. The van der Waals surface area contributed by atoms with Crippen LogP contribution in [-0.4, -0.2) is 34.4 Å². The molecule has 0 radical (unpaired) electrons. The second-order valence-electron chi connectivity index (χ2n) is 6.89. The maximum absolute atomic E-state index is 13.3. The molecule has 0 fully saturated rings. The second kappa shape index (κ2) is 8.51. The number of nitrogens with zero attached hydrogens (tertiary/aromatic N) is 1. The molecule has 1 aromatic heterocycles. The summed E-state index contributed by atoms with van der Waals surface area (Å²) in [4.78, 5) is 37.5. The molecular weight excluding hydrogens is 465 g/mol. The molecule has 2 amide bonds. The number of ketones is 1. The standard InChI is InChI=1S/C19H15Cl2F4N3O3/c1-8(19(23,24)25)26-18(31)16(29)13-12-3-2-6-28(12)15(14(13)21)17(30)27-9-4-5-11(22)10(20)7-9/h4-5,7-8H,2-3,6H2,1H3,(H,26,31)(H,27,30)/t8-/m1/s1. The minimum absolute atomic E-state index is 0.130. The van der Waals surface area contributed by atoms with Crippen molar-refractivity contribution < 1.29 is 31.9 Å². The van der Waals surface area contributed by atoms with Crippen molar-refractivity contribution in [1.82, 2.24) is 9.88 Å². The van der Waals surface area contributed by atoms with Gasteiger partial charge in [0.15, 0.2) is 0 Å². The van der Waals surface area contributed by atoms with Crippen molar-refractivity contribution >= 4 is 46.5 Å². The first-order chi connectivity index (χ1) is 14.4.